The molecule has 0 radical (unpaired) electrons. The van der Waals surface area contributed by atoms with Crippen LogP contribution in [0.15, 0.2) is 18.3 Å². The zero-order valence-electron chi connectivity index (χ0n) is 11.4. The van der Waals surface area contributed by atoms with Gasteiger partial charge in [-0.25, -0.2) is 4.98 Å². The molecule has 3 nitrogen and oxygen atoms in total. The Morgan fingerprint density at radius 1 is 1.32 bits per heavy atom. The molecule has 0 bridgehead atoms. The summed E-state index contributed by atoms with van der Waals surface area (Å²) in [5.41, 5.74) is 3.64. The molecule has 0 saturated heterocycles. The van der Waals surface area contributed by atoms with Crippen LogP contribution in [0.2, 0.25) is 0 Å². The molecule has 0 unspecified atom stereocenters. The van der Waals surface area contributed by atoms with Gasteiger partial charge in [0.15, 0.2) is 0 Å². The van der Waals surface area contributed by atoms with Crippen LogP contribution in [0.1, 0.15) is 26.6 Å². The highest BCUT2D eigenvalue weighted by Gasteiger charge is 2.05. The molecule has 2 aromatic rings. The van der Waals surface area contributed by atoms with E-state index in [1.165, 1.54) is 28.0 Å². The highest BCUT2D eigenvalue weighted by molar-refractivity contribution is 7.12. The van der Waals surface area contributed by atoms with Crippen LogP contribution >= 0.6 is 11.3 Å². The predicted molar refractivity (Wildman–Crippen MR) is 76.7 cm³/mol. The van der Waals surface area contributed by atoms with Crippen LogP contribution < -0.4 is 4.74 Å². The average Bonchev–Trinajstić information content (AvgIpc) is 2.83. The molecular weight excluding hydrogens is 256 g/mol. The summed E-state index contributed by atoms with van der Waals surface area (Å²) in [7, 11) is 0. The van der Waals surface area contributed by atoms with E-state index in [0.717, 1.165) is 17.2 Å². The number of thiazole rings is 1. The van der Waals surface area contributed by atoms with Gasteiger partial charge in [0.05, 0.1) is 17.8 Å². The Labute approximate surface area is 117 Å². The molecule has 2 rings (SSSR count). The number of nitriles is 1. The first-order valence-corrected chi connectivity index (χ1v) is 6.97. The summed E-state index contributed by atoms with van der Waals surface area (Å²) >= 11 is 1.43. The highest BCUT2D eigenvalue weighted by atomic mass is 32.1. The molecule has 0 fully saturated rings. The smallest absolute Gasteiger partial charge is 0.124 e. The first-order valence-electron chi connectivity index (χ1n) is 6.15. The fraction of sp³-hybridized carbons (Fsp3) is 0.333. The summed E-state index contributed by atoms with van der Waals surface area (Å²) in [5, 5.41) is 9.68. The average molecular weight is 272 g/mol. The van der Waals surface area contributed by atoms with E-state index in [-0.39, 0.29) is 0 Å². The van der Waals surface area contributed by atoms with Gasteiger partial charge in [-0.3, -0.25) is 0 Å². The van der Waals surface area contributed by atoms with Gasteiger partial charge in [-0.1, -0.05) is 6.07 Å². The van der Waals surface area contributed by atoms with Crippen molar-refractivity contribution in [3.8, 4) is 11.8 Å². The number of hydrogen-bond donors (Lipinski definition) is 0. The molecule has 0 amide bonds. The lowest BCUT2D eigenvalue weighted by Gasteiger charge is -2.11. The fourth-order valence-corrected chi connectivity index (χ4v) is 2.57. The van der Waals surface area contributed by atoms with E-state index < -0.39 is 0 Å². The van der Waals surface area contributed by atoms with Gasteiger partial charge < -0.3 is 4.74 Å². The Kier molecular flexibility index (Phi) is 4.18. The molecular formula is C15H16N2OS. The van der Waals surface area contributed by atoms with Crippen LogP contribution in [0, 0.1) is 32.1 Å². The second-order valence-corrected chi connectivity index (χ2v) is 5.65. The molecule has 0 atom stereocenters. The third-order valence-electron chi connectivity index (χ3n) is 3.00. The summed E-state index contributed by atoms with van der Waals surface area (Å²) in [6, 6.07) is 6.31. The molecule has 1 aromatic carbocycles. The largest absolute Gasteiger partial charge is 0.493 e. The van der Waals surface area contributed by atoms with Gasteiger partial charge in [0.2, 0.25) is 0 Å². The Bertz CT molecular complexity index is 626. The van der Waals surface area contributed by atoms with Gasteiger partial charge in [-0.2, -0.15) is 5.26 Å². The first-order chi connectivity index (χ1) is 9.10. The zero-order valence-corrected chi connectivity index (χ0v) is 12.2. The Balaban J connectivity index is 1.98. The van der Waals surface area contributed by atoms with E-state index in [1.807, 2.05) is 0 Å². The lowest BCUT2D eigenvalue weighted by Crippen LogP contribution is -2.03. The van der Waals surface area contributed by atoms with Crippen LogP contribution in [-0.2, 0) is 6.42 Å². The Morgan fingerprint density at radius 3 is 2.79 bits per heavy atom. The number of hydrogen-bond acceptors (Lipinski definition) is 4. The van der Waals surface area contributed by atoms with E-state index in [4.69, 9.17) is 10.00 Å². The first kappa shape index (κ1) is 13.6. The van der Waals surface area contributed by atoms with E-state index in [9.17, 15) is 0 Å². The van der Waals surface area contributed by atoms with Crippen molar-refractivity contribution in [3.05, 3.63) is 44.9 Å². The van der Waals surface area contributed by atoms with Gasteiger partial charge in [-0.05, 0) is 43.5 Å². The number of ether oxygens (including phenoxy) is 1. The number of benzene rings is 1. The molecule has 19 heavy (non-hydrogen) atoms. The van der Waals surface area contributed by atoms with Crippen molar-refractivity contribution in [2.75, 3.05) is 6.61 Å². The van der Waals surface area contributed by atoms with E-state index in [1.54, 1.807) is 6.20 Å². The van der Waals surface area contributed by atoms with Crippen molar-refractivity contribution >= 4 is 11.3 Å². The number of rotatable bonds is 4. The molecule has 0 spiro atoms. The fourth-order valence-electron chi connectivity index (χ4n) is 1.88. The maximum atomic E-state index is 8.74. The quantitative estimate of drug-likeness (QED) is 0.855. The van der Waals surface area contributed by atoms with E-state index in [2.05, 4.69) is 44.0 Å². The van der Waals surface area contributed by atoms with Crippen molar-refractivity contribution in [2.45, 2.75) is 27.2 Å². The maximum absolute atomic E-state index is 8.74. The van der Waals surface area contributed by atoms with Crippen LogP contribution in [0.25, 0.3) is 0 Å². The summed E-state index contributed by atoms with van der Waals surface area (Å²) in [6.07, 6.45) is 2.35. The summed E-state index contributed by atoms with van der Waals surface area (Å²) in [4.78, 5) is 4.84. The molecule has 0 aliphatic carbocycles. The van der Waals surface area contributed by atoms with Crippen molar-refractivity contribution in [1.82, 2.24) is 4.98 Å². The summed E-state index contributed by atoms with van der Waals surface area (Å²) in [6.45, 7) is 6.82. The zero-order chi connectivity index (χ0) is 13.8. The van der Waals surface area contributed by atoms with Gasteiger partial charge >= 0.3 is 0 Å². The lowest BCUT2D eigenvalue weighted by molar-refractivity contribution is 0.319. The topological polar surface area (TPSA) is 45.9 Å². The second-order valence-electron chi connectivity index (χ2n) is 4.53. The minimum absolute atomic E-state index is 0.585. The molecule has 0 aliphatic rings. The summed E-state index contributed by atoms with van der Waals surface area (Å²) in [5.74, 6) is 0.939. The van der Waals surface area contributed by atoms with Gasteiger partial charge in [0.25, 0.3) is 0 Å². The minimum atomic E-state index is 0.585. The van der Waals surface area contributed by atoms with E-state index >= 15 is 0 Å². The molecule has 4 heteroatoms. The highest BCUT2D eigenvalue weighted by Crippen LogP contribution is 2.23. The number of aryl methyl sites for hydroxylation is 2. The standard InChI is InChI=1S/C15H16N2OS/c1-10-6-11(2)12(3)14(7-10)18-5-4-15-17-9-13(8-16)19-15/h6-7,9H,4-5H2,1-3H3. The molecule has 1 heterocycles. The Morgan fingerprint density at radius 2 is 2.11 bits per heavy atom. The third-order valence-corrected chi connectivity index (χ3v) is 3.96. The maximum Gasteiger partial charge on any atom is 0.124 e. The molecule has 1 aromatic heterocycles. The minimum Gasteiger partial charge on any atom is -0.493 e. The van der Waals surface area contributed by atoms with Crippen LogP contribution in [0.4, 0.5) is 0 Å². The van der Waals surface area contributed by atoms with Crippen LogP contribution in [-0.4, -0.2) is 11.6 Å². The third kappa shape index (κ3) is 3.33. The predicted octanol–water partition coefficient (Wildman–Crippen LogP) is 3.56. The van der Waals surface area contributed by atoms with Crippen molar-refractivity contribution in [1.29, 1.82) is 5.26 Å². The van der Waals surface area contributed by atoms with E-state index in [0.29, 0.717) is 11.5 Å². The van der Waals surface area contributed by atoms with Gasteiger partial charge in [0, 0.05) is 6.42 Å². The lowest BCUT2D eigenvalue weighted by atomic mass is 10.1. The Hall–Kier alpha value is -1.86. The number of nitrogens with zero attached hydrogens (tertiary/aromatic N) is 2. The van der Waals surface area contributed by atoms with Crippen molar-refractivity contribution in [2.24, 2.45) is 0 Å². The molecule has 0 N–H and O–H groups in total. The SMILES string of the molecule is Cc1cc(C)c(C)c(OCCc2ncc(C#N)s2)c1. The number of aromatic nitrogens is 1. The van der Waals surface area contributed by atoms with Gasteiger partial charge in [-0.15, -0.1) is 11.3 Å². The van der Waals surface area contributed by atoms with Crippen LogP contribution in [0.3, 0.4) is 0 Å². The molecule has 0 aliphatic heterocycles. The second kappa shape index (κ2) is 5.85. The monoisotopic (exact) mass is 272 g/mol. The van der Waals surface area contributed by atoms with Crippen LogP contribution in [0.5, 0.6) is 5.75 Å². The normalized spacial score (nSPS) is 10.2. The summed E-state index contributed by atoms with van der Waals surface area (Å²) < 4.78 is 5.83. The van der Waals surface area contributed by atoms with Crippen molar-refractivity contribution < 1.29 is 4.74 Å². The molecule has 98 valence electrons. The van der Waals surface area contributed by atoms with Gasteiger partial charge in [0.1, 0.15) is 16.7 Å². The van der Waals surface area contributed by atoms with Crippen molar-refractivity contribution in [3.63, 3.8) is 0 Å². The molecule has 0 saturated carbocycles.